The first-order chi connectivity index (χ1) is 14.9. The van der Waals surface area contributed by atoms with Crippen molar-refractivity contribution >= 4 is 6.08 Å². The van der Waals surface area contributed by atoms with E-state index in [1.54, 1.807) is 0 Å². The van der Waals surface area contributed by atoms with E-state index < -0.39 is 0 Å². The second-order valence-corrected chi connectivity index (χ2v) is 9.26. The van der Waals surface area contributed by atoms with Gasteiger partial charge in [-0.2, -0.15) is 0 Å². The van der Waals surface area contributed by atoms with Crippen molar-refractivity contribution in [2.45, 2.75) is 142 Å². The van der Waals surface area contributed by atoms with E-state index in [0.29, 0.717) is 0 Å². The Morgan fingerprint density at radius 2 is 1.03 bits per heavy atom. The van der Waals surface area contributed by atoms with Gasteiger partial charge in [-0.1, -0.05) is 135 Å². The molecule has 172 valence electrons. The topological polar surface area (TPSA) is 12.9 Å². The van der Waals surface area contributed by atoms with Crippen molar-refractivity contribution < 1.29 is 0 Å². The third-order valence-electron chi connectivity index (χ3n) is 6.37. The Kier molecular flexibility index (Phi) is 19.0. The molecule has 0 bridgehead atoms. The zero-order valence-corrected chi connectivity index (χ0v) is 20.3. The number of hydrogen-bond acceptors (Lipinski definition) is 1. The Morgan fingerprint density at radius 1 is 0.633 bits per heavy atom. The largest absolute Gasteiger partial charge is 0.257 e. The number of rotatable bonds is 22. The smallest absolute Gasteiger partial charge is 0.0626 e. The molecular formula is C29H51N. The maximum absolute atomic E-state index is 4.27. The van der Waals surface area contributed by atoms with Crippen LogP contribution in [0.1, 0.15) is 147 Å². The van der Waals surface area contributed by atoms with Crippen molar-refractivity contribution in [3.63, 3.8) is 0 Å². The highest BCUT2D eigenvalue weighted by molar-refractivity contribution is 5.42. The fraction of sp³-hybridized carbons (Fsp3) is 0.759. The standard InChI is InChI=1S/C29H51N/c1-3-5-6-7-8-9-10-11-12-13-14-15-16-17-18-19-20-21-22-23-24-28-25-26-30-29(4-2)27-28/h4,25-27H,2-3,5-24H2,1H3. The van der Waals surface area contributed by atoms with E-state index in [0.717, 1.165) is 5.69 Å². The number of aryl methyl sites for hydroxylation is 1. The molecular weight excluding hydrogens is 362 g/mol. The third-order valence-corrected chi connectivity index (χ3v) is 6.37. The minimum atomic E-state index is 1.00. The molecule has 0 aliphatic carbocycles. The lowest BCUT2D eigenvalue weighted by atomic mass is 10.0. The average Bonchev–Trinajstić information content (AvgIpc) is 2.78. The van der Waals surface area contributed by atoms with Crippen LogP contribution in [0.3, 0.4) is 0 Å². The van der Waals surface area contributed by atoms with E-state index in [1.807, 2.05) is 12.3 Å². The summed E-state index contributed by atoms with van der Waals surface area (Å²) < 4.78 is 0. The molecule has 0 unspecified atom stereocenters. The average molecular weight is 414 g/mol. The molecule has 30 heavy (non-hydrogen) atoms. The van der Waals surface area contributed by atoms with Gasteiger partial charge in [-0.3, -0.25) is 4.98 Å². The van der Waals surface area contributed by atoms with E-state index in [9.17, 15) is 0 Å². The van der Waals surface area contributed by atoms with Crippen molar-refractivity contribution in [1.82, 2.24) is 4.98 Å². The predicted octanol–water partition coefficient (Wildman–Crippen LogP) is 10.1. The van der Waals surface area contributed by atoms with Crippen LogP contribution < -0.4 is 0 Å². The summed E-state index contributed by atoms with van der Waals surface area (Å²) in [6, 6.07) is 4.31. The van der Waals surface area contributed by atoms with Crippen molar-refractivity contribution in [3.05, 3.63) is 36.2 Å². The molecule has 1 aromatic heterocycles. The first kappa shape index (κ1) is 26.9. The van der Waals surface area contributed by atoms with Gasteiger partial charge in [-0.05, 0) is 36.6 Å². The molecule has 0 aliphatic rings. The van der Waals surface area contributed by atoms with Crippen molar-refractivity contribution in [2.24, 2.45) is 0 Å². The number of unbranched alkanes of at least 4 members (excludes halogenated alkanes) is 19. The van der Waals surface area contributed by atoms with Gasteiger partial charge < -0.3 is 0 Å². The summed E-state index contributed by atoms with van der Waals surface area (Å²) in [5, 5.41) is 0. The summed E-state index contributed by atoms with van der Waals surface area (Å²) in [6.07, 6.45) is 33.7. The van der Waals surface area contributed by atoms with Crippen molar-refractivity contribution in [3.8, 4) is 0 Å². The molecule has 0 aromatic carbocycles. The molecule has 0 radical (unpaired) electrons. The van der Waals surface area contributed by atoms with Gasteiger partial charge in [0.1, 0.15) is 0 Å². The maximum Gasteiger partial charge on any atom is 0.0626 e. The first-order valence-electron chi connectivity index (χ1n) is 13.4. The highest BCUT2D eigenvalue weighted by atomic mass is 14.6. The Balaban J connectivity index is 1.73. The Hall–Kier alpha value is -1.11. The molecule has 0 saturated heterocycles. The molecule has 1 nitrogen and oxygen atoms in total. The molecule has 1 rings (SSSR count). The highest BCUT2D eigenvalue weighted by Gasteiger charge is 1.97. The Bertz CT molecular complexity index is 493. The molecule has 0 atom stereocenters. The van der Waals surface area contributed by atoms with E-state index >= 15 is 0 Å². The third kappa shape index (κ3) is 16.7. The number of nitrogens with zero attached hydrogens (tertiary/aromatic N) is 1. The molecule has 0 N–H and O–H groups in total. The van der Waals surface area contributed by atoms with E-state index in [4.69, 9.17) is 0 Å². The van der Waals surface area contributed by atoms with Crippen LogP contribution in [-0.4, -0.2) is 4.98 Å². The van der Waals surface area contributed by atoms with Crippen LogP contribution in [0.25, 0.3) is 6.08 Å². The lowest BCUT2D eigenvalue weighted by Crippen LogP contribution is -1.89. The van der Waals surface area contributed by atoms with Gasteiger partial charge in [0.25, 0.3) is 0 Å². The second-order valence-electron chi connectivity index (χ2n) is 9.26. The van der Waals surface area contributed by atoms with Crippen LogP contribution in [0, 0.1) is 0 Å². The second kappa shape index (κ2) is 21.1. The molecule has 1 heteroatoms. The summed E-state index contributed by atoms with van der Waals surface area (Å²) in [5.74, 6) is 0. The van der Waals surface area contributed by atoms with Crippen LogP contribution >= 0.6 is 0 Å². The van der Waals surface area contributed by atoms with Gasteiger partial charge in [0, 0.05) is 6.20 Å². The van der Waals surface area contributed by atoms with Crippen LogP contribution in [-0.2, 0) is 6.42 Å². The predicted molar refractivity (Wildman–Crippen MR) is 136 cm³/mol. The van der Waals surface area contributed by atoms with Gasteiger partial charge >= 0.3 is 0 Å². The molecule has 0 fully saturated rings. The lowest BCUT2D eigenvalue weighted by Gasteiger charge is -2.04. The van der Waals surface area contributed by atoms with Crippen molar-refractivity contribution in [2.75, 3.05) is 0 Å². The SMILES string of the molecule is C=Cc1cc(CCCCCCCCCCCCCCCCCCCCCC)ccn1. The first-order valence-corrected chi connectivity index (χ1v) is 13.4. The van der Waals surface area contributed by atoms with Gasteiger partial charge in [0.15, 0.2) is 0 Å². The monoisotopic (exact) mass is 413 g/mol. The normalized spacial score (nSPS) is 11.1. The minimum absolute atomic E-state index is 1.00. The zero-order chi connectivity index (χ0) is 21.5. The lowest BCUT2D eigenvalue weighted by molar-refractivity contribution is 0.521. The summed E-state index contributed by atoms with van der Waals surface area (Å²) >= 11 is 0. The molecule has 0 saturated carbocycles. The fourth-order valence-corrected chi connectivity index (χ4v) is 4.35. The number of pyridine rings is 1. The van der Waals surface area contributed by atoms with Gasteiger partial charge in [-0.25, -0.2) is 0 Å². The quantitative estimate of drug-likeness (QED) is 0.172. The summed E-state index contributed by atoms with van der Waals surface area (Å²) in [6.45, 7) is 6.10. The number of aromatic nitrogens is 1. The zero-order valence-electron chi connectivity index (χ0n) is 20.3. The Labute approximate surface area is 189 Å². The van der Waals surface area contributed by atoms with E-state index in [-0.39, 0.29) is 0 Å². The molecule has 0 aliphatic heterocycles. The molecule has 0 spiro atoms. The molecule has 1 heterocycles. The van der Waals surface area contributed by atoms with E-state index in [1.165, 1.54) is 140 Å². The molecule has 1 aromatic rings. The number of hydrogen-bond donors (Lipinski definition) is 0. The Morgan fingerprint density at radius 3 is 1.43 bits per heavy atom. The summed E-state index contributed by atoms with van der Waals surface area (Å²) in [4.78, 5) is 4.27. The minimum Gasteiger partial charge on any atom is -0.257 e. The van der Waals surface area contributed by atoms with Crippen LogP contribution in [0.15, 0.2) is 24.9 Å². The van der Waals surface area contributed by atoms with Gasteiger partial charge in [0.2, 0.25) is 0 Å². The van der Waals surface area contributed by atoms with Gasteiger partial charge in [0.05, 0.1) is 5.69 Å². The maximum atomic E-state index is 4.27. The highest BCUT2D eigenvalue weighted by Crippen LogP contribution is 2.15. The molecule has 0 amide bonds. The van der Waals surface area contributed by atoms with Crippen LogP contribution in [0.5, 0.6) is 0 Å². The summed E-state index contributed by atoms with van der Waals surface area (Å²) in [5.41, 5.74) is 2.41. The van der Waals surface area contributed by atoms with Gasteiger partial charge in [-0.15, -0.1) is 0 Å². The van der Waals surface area contributed by atoms with Crippen molar-refractivity contribution in [1.29, 1.82) is 0 Å². The van der Waals surface area contributed by atoms with Crippen LogP contribution in [0.2, 0.25) is 0 Å². The van der Waals surface area contributed by atoms with Crippen LogP contribution in [0.4, 0.5) is 0 Å². The summed E-state index contributed by atoms with van der Waals surface area (Å²) in [7, 11) is 0. The van der Waals surface area contributed by atoms with E-state index in [2.05, 4.69) is 30.6 Å². The fourth-order valence-electron chi connectivity index (χ4n) is 4.35.